The summed E-state index contributed by atoms with van der Waals surface area (Å²) in [6, 6.07) is 12.6. The van der Waals surface area contributed by atoms with Gasteiger partial charge in [-0.1, -0.05) is 44.5 Å². The summed E-state index contributed by atoms with van der Waals surface area (Å²) in [4.78, 5) is 15.7. The Kier molecular flexibility index (Phi) is 6.87. The van der Waals surface area contributed by atoms with Crippen molar-refractivity contribution in [1.82, 2.24) is 14.9 Å². The van der Waals surface area contributed by atoms with Crippen LogP contribution in [0.2, 0.25) is 0 Å². The van der Waals surface area contributed by atoms with Crippen molar-refractivity contribution in [2.45, 2.75) is 44.6 Å². The predicted molar refractivity (Wildman–Crippen MR) is 116 cm³/mol. The monoisotopic (exact) mass is 443 g/mol. The fraction of sp³-hybridized carbons (Fsp3) is 0.318. The van der Waals surface area contributed by atoms with Crippen LogP contribution in [0.4, 0.5) is 0 Å². The highest BCUT2D eigenvalue weighted by Gasteiger charge is 2.28. The number of nitrogens with zero attached hydrogens (tertiary/aromatic N) is 2. The van der Waals surface area contributed by atoms with Crippen LogP contribution in [0.1, 0.15) is 32.8 Å². The fourth-order valence-electron chi connectivity index (χ4n) is 3.05. The summed E-state index contributed by atoms with van der Waals surface area (Å²) in [5, 5.41) is 13.2. The SMILES string of the molecule is CCCc1ccc(-c2nc(-c3ccc(S(=O)(=O)N[C@@H](C(=O)O)C(C)C)cc3)no2)cc1. The van der Waals surface area contributed by atoms with E-state index in [0.717, 1.165) is 18.4 Å². The van der Waals surface area contributed by atoms with Gasteiger partial charge in [-0.2, -0.15) is 9.71 Å². The van der Waals surface area contributed by atoms with Crippen LogP contribution >= 0.6 is 0 Å². The van der Waals surface area contributed by atoms with E-state index in [9.17, 15) is 18.3 Å². The predicted octanol–water partition coefficient (Wildman–Crippen LogP) is 3.74. The van der Waals surface area contributed by atoms with Gasteiger partial charge in [-0.25, -0.2) is 8.42 Å². The van der Waals surface area contributed by atoms with Crippen LogP contribution < -0.4 is 4.72 Å². The third-order valence-corrected chi connectivity index (χ3v) is 6.26. The topological polar surface area (TPSA) is 122 Å². The molecule has 9 heteroatoms. The number of hydrogen-bond acceptors (Lipinski definition) is 6. The Morgan fingerprint density at radius 3 is 2.23 bits per heavy atom. The van der Waals surface area contributed by atoms with Crippen LogP contribution in [0.25, 0.3) is 22.8 Å². The van der Waals surface area contributed by atoms with E-state index in [2.05, 4.69) is 21.8 Å². The molecule has 8 nitrogen and oxygen atoms in total. The molecule has 0 spiro atoms. The first-order valence-electron chi connectivity index (χ1n) is 10.00. The summed E-state index contributed by atoms with van der Waals surface area (Å²) in [5.41, 5.74) is 2.62. The van der Waals surface area contributed by atoms with Gasteiger partial charge in [0.05, 0.1) is 4.90 Å². The first-order valence-corrected chi connectivity index (χ1v) is 11.5. The molecule has 2 N–H and O–H groups in total. The minimum absolute atomic E-state index is 0.0432. The van der Waals surface area contributed by atoms with Crippen LogP contribution in [-0.4, -0.2) is 35.7 Å². The Balaban J connectivity index is 1.78. The lowest BCUT2D eigenvalue weighted by Gasteiger charge is -2.18. The Morgan fingerprint density at radius 1 is 1.06 bits per heavy atom. The van der Waals surface area contributed by atoms with Crippen molar-refractivity contribution in [2.24, 2.45) is 5.92 Å². The van der Waals surface area contributed by atoms with Crippen LogP contribution in [0, 0.1) is 5.92 Å². The first-order chi connectivity index (χ1) is 14.7. The average Bonchev–Trinajstić information content (AvgIpc) is 3.23. The highest BCUT2D eigenvalue weighted by atomic mass is 32.2. The first kappa shape index (κ1) is 22.6. The second kappa shape index (κ2) is 9.40. The molecule has 2 aromatic carbocycles. The number of rotatable bonds is 9. The van der Waals surface area contributed by atoms with Gasteiger partial charge in [-0.15, -0.1) is 0 Å². The van der Waals surface area contributed by atoms with E-state index in [1.807, 2.05) is 24.3 Å². The van der Waals surface area contributed by atoms with E-state index in [1.165, 1.54) is 17.7 Å². The maximum atomic E-state index is 12.5. The summed E-state index contributed by atoms with van der Waals surface area (Å²) < 4.78 is 32.7. The van der Waals surface area contributed by atoms with Crippen LogP contribution in [0.15, 0.2) is 57.9 Å². The molecule has 3 aromatic rings. The molecule has 0 unspecified atom stereocenters. The fourth-order valence-corrected chi connectivity index (χ4v) is 4.39. The van der Waals surface area contributed by atoms with Crippen LogP contribution in [0.3, 0.4) is 0 Å². The number of sulfonamides is 1. The minimum Gasteiger partial charge on any atom is -0.480 e. The molecule has 1 atom stereocenters. The maximum Gasteiger partial charge on any atom is 0.322 e. The average molecular weight is 444 g/mol. The van der Waals surface area contributed by atoms with Gasteiger partial charge in [0, 0.05) is 11.1 Å². The Hall–Kier alpha value is -3.04. The van der Waals surface area contributed by atoms with E-state index in [0.29, 0.717) is 17.3 Å². The Bertz CT molecular complexity index is 1140. The molecule has 0 saturated carbocycles. The smallest absolute Gasteiger partial charge is 0.322 e. The van der Waals surface area contributed by atoms with Crippen molar-refractivity contribution in [3.05, 3.63) is 54.1 Å². The van der Waals surface area contributed by atoms with E-state index in [1.54, 1.807) is 26.0 Å². The standard InChI is InChI=1S/C22H25N3O5S/c1-4-5-15-6-8-17(9-7-15)21-23-20(24-30-21)16-10-12-18(13-11-16)31(28,29)25-19(14(2)3)22(26)27/h6-14,19,25H,4-5H2,1-3H3,(H,26,27)/t19-/m1/s1. The molecule has 3 rings (SSSR count). The van der Waals surface area contributed by atoms with E-state index in [-0.39, 0.29) is 4.90 Å². The van der Waals surface area contributed by atoms with Crippen LogP contribution in [-0.2, 0) is 21.2 Å². The third kappa shape index (κ3) is 5.36. The number of hydrogen-bond donors (Lipinski definition) is 2. The summed E-state index contributed by atoms with van der Waals surface area (Å²) in [6.45, 7) is 5.39. The number of aryl methyl sites for hydroxylation is 1. The second-order valence-electron chi connectivity index (χ2n) is 7.58. The normalized spacial score (nSPS) is 12.8. The van der Waals surface area contributed by atoms with Crippen molar-refractivity contribution >= 4 is 16.0 Å². The zero-order chi connectivity index (χ0) is 22.6. The molecule has 0 saturated heterocycles. The zero-order valence-electron chi connectivity index (χ0n) is 17.6. The van der Waals surface area contributed by atoms with Gasteiger partial charge in [-0.05, 0) is 54.3 Å². The molecule has 1 heterocycles. The number of carboxylic acid groups (broad SMARTS) is 1. The largest absolute Gasteiger partial charge is 0.480 e. The van der Waals surface area contributed by atoms with Crippen molar-refractivity contribution in [2.75, 3.05) is 0 Å². The third-order valence-electron chi connectivity index (χ3n) is 4.80. The molecule has 31 heavy (non-hydrogen) atoms. The van der Waals surface area contributed by atoms with E-state index in [4.69, 9.17) is 4.52 Å². The minimum atomic E-state index is -3.99. The molecule has 0 amide bonds. The molecule has 0 aliphatic heterocycles. The highest BCUT2D eigenvalue weighted by Crippen LogP contribution is 2.24. The number of aromatic nitrogens is 2. The van der Waals surface area contributed by atoms with Crippen molar-refractivity contribution in [1.29, 1.82) is 0 Å². The van der Waals surface area contributed by atoms with Crippen molar-refractivity contribution in [3.63, 3.8) is 0 Å². The highest BCUT2D eigenvalue weighted by molar-refractivity contribution is 7.89. The summed E-state index contributed by atoms with van der Waals surface area (Å²) in [5.74, 6) is -0.926. The van der Waals surface area contributed by atoms with Gasteiger partial charge in [0.2, 0.25) is 15.8 Å². The Labute approximate surface area is 181 Å². The lowest BCUT2D eigenvalue weighted by atomic mass is 10.1. The molecular weight excluding hydrogens is 418 g/mol. The number of aliphatic carboxylic acids is 1. The number of benzene rings is 2. The van der Waals surface area contributed by atoms with E-state index >= 15 is 0 Å². The lowest BCUT2D eigenvalue weighted by Crippen LogP contribution is -2.44. The number of carbonyl (C=O) groups is 1. The van der Waals surface area contributed by atoms with Crippen molar-refractivity contribution in [3.8, 4) is 22.8 Å². The number of nitrogens with one attached hydrogen (secondary N) is 1. The molecule has 0 aliphatic rings. The van der Waals surface area contributed by atoms with E-state index < -0.39 is 28.0 Å². The molecular formula is C22H25N3O5S. The second-order valence-corrected chi connectivity index (χ2v) is 9.29. The molecule has 0 bridgehead atoms. The number of carboxylic acids is 1. The maximum absolute atomic E-state index is 12.5. The van der Waals surface area contributed by atoms with Gasteiger partial charge in [-0.3, -0.25) is 4.79 Å². The van der Waals surface area contributed by atoms with Crippen LogP contribution in [0.5, 0.6) is 0 Å². The molecule has 0 aliphatic carbocycles. The molecule has 1 aromatic heterocycles. The van der Waals surface area contributed by atoms with Gasteiger partial charge < -0.3 is 9.63 Å². The molecule has 0 fully saturated rings. The van der Waals surface area contributed by atoms with Crippen molar-refractivity contribution < 1.29 is 22.8 Å². The molecule has 164 valence electrons. The van der Waals surface area contributed by atoms with Gasteiger partial charge >= 0.3 is 5.97 Å². The van der Waals surface area contributed by atoms with Gasteiger partial charge in [0.25, 0.3) is 5.89 Å². The molecule has 0 radical (unpaired) electrons. The zero-order valence-corrected chi connectivity index (χ0v) is 18.4. The summed E-state index contributed by atoms with van der Waals surface area (Å²) in [7, 11) is -3.99. The summed E-state index contributed by atoms with van der Waals surface area (Å²) >= 11 is 0. The summed E-state index contributed by atoms with van der Waals surface area (Å²) in [6.07, 6.45) is 2.07. The lowest BCUT2D eigenvalue weighted by molar-refractivity contribution is -0.140. The quantitative estimate of drug-likeness (QED) is 0.516. The van der Waals surface area contributed by atoms with Gasteiger partial charge in [0.15, 0.2) is 0 Å². The van der Waals surface area contributed by atoms with Gasteiger partial charge in [0.1, 0.15) is 6.04 Å². The Morgan fingerprint density at radius 2 is 1.68 bits per heavy atom.